The molecule has 7 heteroatoms. The van der Waals surface area contributed by atoms with Gasteiger partial charge in [-0.25, -0.2) is 9.97 Å². The fourth-order valence-corrected chi connectivity index (χ4v) is 2.66. The van der Waals surface area contributed by atoms with Crippen LogP contribution in [0.2, 0.25) is 0 Å². The van der Waals surface area contributed by atoms with Crippen molar-refractivity contribution < 1.29 is 13.2 Å². The first-order chi connectivity index (χ1) is 13.0. The molecular formula is C20H13F3N4. The summed E-state index contributed by atoms with van der Waals surface area (Å²) in [5.74, 6) is 0.935. The third-order valence-electron chi connectivity index (χ3n) is 3.97. The number of nitrogens with one attached hydrogen (secondary N) is 1. The number of para-hydroxylation sites is 1. The summed E-state index contributed by atoms with van der Waals surface area (Å²) in [6, 6.07) is 17.7. The van der Waals surface area contributed by atoms with E-state index < -0.39 is 11.7 Å². The summed E-state index contributed by atoms with van der Waals surface area (Å²) in [5, 5.41) is 3.85. The number of benzene rings is 2. The first-order valence-electron chi connectivity index (χ1n) is 8.13. The fraction of sp³-hybridized carbons (Fsp3) is 0.0500. The maximum atomic E-state index is 12.7. The lowest BCUT2D eigenvalue weighted by Crippen LogP contribution is -2.05. The maximum Gasteiger partial charge on any atom is 0.416 e. The molecule has 0 amide bonds. The molecule has 0 aliphatic carbocycles. The van der Waals surface area contributed by atoms with Crippen LogP contribution >= 0.6 is 0 Å². The second-order valence-electron chi connectivity index (χ2n) is 5.83. The molecule has 2 aromatic heterocycles. The van der Waals surface area contributed by atoms with Gasteiger partial charge in [-0.3, -0.25) is 4.98 Å². The molecule has 0 spiro atoms. The van der Waals surface area contributed by atoms with E-state index in [9.17, 15) is 13.2 Å². The average Bonchev–Trinajstić information content (AvgIpc) is 2.68. The molecule has 0 saturated heterocycles. The lowest BCUT2D eigenvalue weighted by molar-refractivity contribution is -0.137. The lowest BCUT2D eigenvalue weighted by atomic mass is 10.2. The second-order valence-corrected chi connectivity index (χ2v) is 5.83. The molecule has 4 aromatic rings. The van der Waals surface area contributed by atoms with Crippen molar-refractivity contribution in [2.75, 3.05) is 5.32 Å². The predicted molar refractivity (Wildman–Crippen MR) is 97.5 cm³/mol. The van der Waals surface area contributed by atoms with E-state index >= 15 is 0 Å². The third-order valence-corrected chi connectivity index (χ3v) is 3.97. The van der Waals surface area contributed by atoms with Gasteiger partial charge < -0.3 is 5.32 Å². The van der Waals surface area contributed by atoms with Crippen molar-refractivity contribution in [3.8, 4) is 11.5 Å². The molecule has 0 aliphatic heterocycles. The largest absolute Gasteiger partial charge is 0.416 e. The SMILES string of the molecule is FC(F)(F)c1ccc(Nc2nc(-c3ccccn3)nc3ccccc23)cc1. The van der Waals surface area contributed by atoms with Crippen LogP contribution in [0.3, 0.4) is 0 Å². The number of pyridine rings is 1. The van der Waals surface area contributed by atoms with Crippen molar-refractivity contribution in [2.45, 2.75) is 6.18 Å². The highest BCUT2D eigenvalue weighted by molar-refractivity contribution is 5.92. The Kier molecular flexibility index (Phi) is 4.19. The molecule has 27 heavy (non-hydrogen) atoms. The van der Waals surface area contributed by atoms with Gasteiger partial charge in [0.05, 0.1) is 11.1 Å². The summed E-state index contributed by atoms with van der Waals surface area (Å²) in [7, 11) is 0. The number of alkyl halides is 3. The Morgan fingerprint density at radius 1 is 0.778 bits per heavy atom. The third kappa shape index (κ3) is 3.57. The van der Waals surface area contributed by atoms with Gasteiger partial charge in [-0.15, -0.1) is 0 Å². The summed E-state index contributed by atoms with van der Waals surface area (Å²) in [6.07, 6.45) is -2.72. The van der Waals surface area contributed by atoms with Crippen molar-refractivity contribution in [1.82, 2.24) is 15.0 Å². The number of nitrogens with zero attached hydrogens (tertiary/aromatic N) is 3. The van der Waals surface area contributed by atoms with Gasteiger partial charge in [0.25, 0.3) is 0 Å². The quantitative estimate of drug-likeness (QED) is 0.523. The standard InChI is InChI=1S/C20H13F3N4/c21-20(22,23)13-8-10-14(11-9-13)25-18-15-5-1-2-6-16(15)26-19(27-18)17-7-3-4-12-24-17/h1-12H,(H,25,26,27). The van der Waals surface area contributed by atoms with Crippen molar-refractivity contribution in [3.05, 3.63) is 78.5 Å². The molecule has 0 bridgehead atoms. The monoisotopic (exact) mass is 366 g/mol. The van der Waals surface area contributed by atoms with Crippen LogP contribution in [0.15, 0.2) is 72.9 Å². The van der Waals surface area contributed by atoms with E-state index in [1.54, 1.807) is 18.3 Å². The Balaban J connectivity index is 1.76. The number of hydrogen-bond donors (Lipinski definition) is 1. The van der Waals surface area contributed by atoms with E-state index in [2.05, 4.69) is 20.3 Å². The summed E-state index contributed by atoms with van der Waals surface area (Å²) in [4.78, 5) is 13.3. The minimum absolute atomic E-state index is 0.434. The highest BCUT2D eigenvalue weighted by Crippen LogP contribution is 2.31. The zero-order valence-electron chi connectivity index (χ0n) is 13.9. The van der Waals surface area contributed by atoms with E-state index in [-0.39, 0.29) is 0 Å². The number of anilines is 2. The molecule has 0 atom stereocenters. The second kappa shape index (κ2) is 6.68. The summed E-state index contributed by atoms with van der Waals surface area (Å²) < 4.78 is 38.2. The topological polar surface area (TPSA) is 50.7 Å². The van der Waals surface area contributed by atoms with Crippen molar-refractivity contribution in [3.63, 3.8) is 0 Å². The highest BCUT2D eigenvalue weighted by atomic mass is 19.4. The minimum atomic E-state index is -4.37. The highest BCUT2D eigenvalue weighted by Gasteiger charge is 2.29. The van der Waals surface area contributed by atoms with Crippen LogP contribution < -0.4 is 5.32 Å². The van der Waals surface area contributed by atoms with Gasteiger partial charge in [0.2, 0.25) is 0 Å². The van der Waals surface area contributed by atoms with Crippen LogP contribution in [0.1, 0.15) is 5.56 Å². The van der Waals surface area contributed by atoms with E-state index in [4.69, 9.17) is 0 Å². The number of rotatable bonds is 3. The van der Waals surface area contributed by atoms with Gasteiger partial charge in [0, 0.05) is 17.3 Å². The summed E-state index contributed by atoms with van der Waals surface area (Å²) in [5.41, 5.74) is 1.12. The Bertz CT molecular complexity index is 1080. The Morgan fingerprint density at radius 3 is 2.22 bits per heavy atom. The van der Waals surface area contributed by atoms with E-state index in [1.165, 1.54) is 12.1 Å². The molecule has 2 heterocycles. The van der Waals surface area contributed by atoms with E-state index in [0.717, 1.165) is 17.5 Å². The fourth-order valence-electron chi connectivity index (χ4n) is 2.66. The van der Waals surface area contributed by atoms with Crippen LogP contribution in [0.25, 0.3) is 22.4 Å². The molecule has 134 valence electrons. The molecule has 4 rings (SSSR count). The van der Waals surface area contributed by atoms with Gasteiger partial charge in [-0.2, -0.15) is 13.2 Å². The van der Waals surface area contributed by atoms with Gasteiger partial charge in [-0.05, 0) is 48.5 Å². The normalized spacial score (nSPS) is 11.5. The van der Waals surface area contributed by atoms with Crippen LogP contribution in [0.5, 0.6) is 0 Å². The number of hydrogen-bond acceptors (Lipinski definition) is 4. The van der Waals surface area contributed by atoms with Crippen molar-refractivity contribution >= 4 is 22.4 Å². The maximum absolute atomic E-state index is 12.7. The van der Waals surface area contributed by atoms with Crippen LogP contribution in [-0.2, 0) is 6.18 Å². The molecule has 0 radical (unpaired) electrons. The van der Waals surface area contributed by atoms with Gasteiger partial charge in [0.1, 0.15) is 11.5 Å². The Hall–Kier alpha value is -3.48. The predicted octanol–water partition coefficient (Wildman–Crippen LogP) is 5.45. The van der Waals surface area contributed by atoms with Gasteiger partial charge in [-0.1, -0.05) is 18.2 Å². The van der Waals surface area contributed by atoms with Gasteiger partial charge >= 0.3 is 6.18 Å². The molecule has 0 unspecified atom stereocenters. The average molecular weight is 366 g/mol. The summed E-state index contributed by atoms with van der Waals surface area (Å²) >= 11 is 0. The molecular weight excluding hydrogens is 353 g/mol. The minimum Gasteiger partial charge on any atom is -0.340 e. The lowest BCUT2D eigenvalue weighted by Gasteiger charge is -2.12. The zero-order chi connectivity index (χ0) is 18.9. The molecule has 2 aromatic carbocycles. The first kappa shape index (κ1) is 17.0. The molecule has 0 aliphatic rings. The van der Waals surface area contributed by atoms with Crippen LogP contribution in [0.4, 0.5) is 24.7 Å². The summed E-state index contributed by atoms with van der Waals surface area (Å²) in [6.45, 7) is 0. The van der Waals surface area contributed by atoms with Crippen molar-refractivity contribution in [1.29, 1.82) is 0 Å². The van der Waals surface area contributed by atoms with Crippen LogP contribution in [0, 0.1) is 0 Å². The Labute approximate surface area is 152 Å². The molecule has 4 nitrogen and oxygen atoms in total. The Morgan fingerprint density at radius 2 is 1.52 bits per heavy atom. The molecule has 0 saturated carbocycles. The molecule has 1 N–H and O–H groups in total. The molecule has 0 fully saturated rings. The first-order valence-corrected chi connectivity index (χ1v) is 8.13. The van der Waals surface area contributed by atoms with E-state index in [1.807, 2.05) is 30.3 Å². The number of fused-ring (bicyclic) bond motifs is 1. The number of aromatic nitrogens is 3. The smallest absolute Gasteiger partial charge is 0.340 e. The van der Waals surface area contributed by atoms with E-state index in [0.29, 0.717) is 28.5 Å². The van der Waals surface area contributed by atoms with Crippen LogP contribution in [-0.4, -0.2) is 15.0 Å². The number of halogens is 3. The zero-order valence-corrected chi connectivity index (χ0v) is 13.9. The van der Waals surface area contributed by atoms with Gasteiger partial charge in [0.15, 0.2) is 5.82 Å². The van der Waals surface area contributed by atoms with Crippen molar-refractivity contribution in [2.24, 2.45) is 0 Å².